The zero-order valence-electron chi connectivity index (χ0n) is 15.3. The number of hydrogen-bond acceptors (Lipinski definition) is 7. The van der Waals surface area contributed by atoms with Gasteiger partial charge in [0.2, 0.25) is 0 Å². The SMILES string of the molecule is CCOc1ccc2nc(NCc3cc(OC)c(OC)cc3OC)sc2c1. The molecule has 0 bridgehead atoms. The van der Waals surface area contributed by atoms with Gasteiger partial charge in [0.1, 0.15) is 11.5 Å². The molecule has 0 spiro atoms. The first-order valence-corrected chi connectivity index (χ1v) is 9.06. The van der Waals surface area contributed by atoms with Crippen LogP contribution in [0.2, 0.25) is 0 Å². The summed E-state index contributed by atoms with van der Waals surface area (Å²) >= 11 is 1.59. The highest BCUT2D eigenvalue weighted by Gasteiger charge is 2.12. The number of benzene rings is 2. The number of nitrogens with one attached hydrogen (secondary N) is 1. The molecule has 0 saturated heterocycles. The van der Waals surface area contributed by atoms with E-state index in [1.54, 1.807) is 32.7 Å². The van der Waals surface area contributed by atoms with Crippen LogP contribution >= 0.6 is 11.3 Å². The van der Waals surface area contributed by atoms with Gasteiger partial charge in [-0.3, -0.25) is 0 Å². The van der Waals surface area contributed by atoms with Gasteiger partial charge in [0.15, 0.2) is 16.6 Å². The van der Waals surface area contributed by atoms with E-state index in [-0.39, 0.29) is 0 Å². The number of aromatic nitrogens is 1. The Bertz CT molecular complexity index is 895. The van der Waals surface area contributed by atoms with Gasteiger partial charge in [-0.2, -0.15) is 0 Å². The Kier molecular flexibility index (Phi) is 5.68. The quantitative estimate of drug-likeness (QED) is 0.633. The van der Waals surface area contributed by atoms with Gasteiger partial charge in [0.25, 0.3) is 0 Å². The average molecular weight is 374 g/mol. The van der Waals surface area contributed by atoms with Crippen molar-refractivity contribution in [3.8, 4) is 23.0 Å². The summed E-state index contributed by atoms with van der Waals surface area (Å²) in [6.45, 7) is 3.18. The van der Waals surface area contributed by atoms with Gasteiger partial charge in [0, 0.05) is 18.2 Å². The summed E-state index contributed by atoms with van der Waals surface area (Å²) in [5.41, 5.74) is 1.90. The smallest absolute Gasteiger partial charge is 0.184 e. The third-order valence-electron chi connectivity index (χ3n) is 3.89. The summed E-state index contributed by atoms with van der Waals surface area (Å²) in [5.74, 6) is 2.89. The third kappa shape index (κ3) is 3.77. The van der Waals surface area contributed by atoms with Crippen LogP contribution in [0.4, 0.5) is 5.13 Å². The van der Waals surface area contributed by atoms with Crippen molar-refractivity contribution in [3.63, 3.8) is 0 Å². The average Bonchev–Trinajstić information content (AvgIpc) is 3.08. The first-order chi connectivity index (χ1) is 12.7. The summed E-state index contributed by atoms with van der Waals surface area (Å²) in [4.78, 5) is 4.62. The van der Waals surface area contributed by atoms with Gasteiger partial charge in [-0.25, -0.2) is 4.98 Å². The second kappa shape index (κ2) is 8.14. The molecule has 0 fully saturated rings. The van der Waals surface area contributed by atoms with Gasteiger partial charge in [-0.05, 0) is 31.2 Å². The minimum atomic E-state index is 0.557. The Labute approximate surface area is 156 Å². The zero-order chi connectivity index (χ0) is 18.5. The van der Waals surface area contributed by atoms with E-state index >= 15 is 0 Å². The monoisotopic (exact) mass is 374 g/mol. The first kappa shape index (κ1) is 18.1. The topological polar surface area (TPSA) is 61.8 Å². The number of fused-ring (bicyclic) bond motifs is 1. The highest BCUT2D eigenvalue weighted by Crippen LogP contribution is 2.35. The van der Waals surface area contributed by atoms with Crippen molar-refractivity contribution in [1.29, 1.82) is 0 Å². The maximum Gasteiger partial charge on any atom is 0.184 e. The molecule has 0 amide bonds. The van der Waals surface area contributed by atoms with Crippen molar-refractivity contribution >= 4 is 26.7 Å². The number of thiazole rings is 1. The Morgan fingerprint density at radius 2 is 1.69 bits per heavy atom. The van der Waals surface area contributed by atoms with Crippen LogP contribution in [0.3, 0.4) is 0 Å². The number of ether oxygens (including phenoxy) is 4. The Morgan fingerprint density at radius 1 is 0.962 bits per heavy atom. The van der Waals surface area contributed by atoms with E-state index in [2.05, 4.69) is 10.3 Å². The number of nitrogens with zero attached hydrogens (tertiary/aromatic N) is 1. The lowest BCUT2D eigenvalue weighted by atomic mass is 10.1. The molecule has 0 atom stereocenters. The fourth-order valence-electron chi connectivity index (χ4n) is 2.64. The van der Waals surface area contributed by atoms with Gasteiger partial charge < -0.3 is 24.3 Å². The number of hydrogen-bond donors (Lipinski definition) is 1. The van der Waals surface area contributed by atoms with E-state index < -0.39 is 0 Å². The van der Waals surface area contributed by atoms with Crippen molar-refractivity contribution < 1.29 is 18.9 Å². The summed E-state index contributed by atoms with van der Waals surface area (Å²) in [7, 11) is 4.86. The molecule has 3 rings (SSSR count). The molecule has 0 radical (unpaired) electrons. The molecule has 0 saturated carbocycles. The summed E-state index contributed by atoms with van der Waals surface area (Å²) in [5, 5.41) is 4.19. The molecule has 1 aromatic heterocycles. The summed E-state index contributed by atoms with van der Waals surface area (Å²) in [6, 6.07) is 9.65. The van der Waals surface area contributed by atoms with Crippen molar-refractivity contribution in [1.82, 2.24) is 4.98 Å². The fourth-order valence-corrected chi connectivity index (χ4v) is 3.53. The summed E-state index contributed by atoms with van der Waals surface area (Å²) < 4.78 is 22.8. The molecule has 0 aliphatic rings. The van der Waals surface area contributed by atoms with Crippen molar-refractivity contribution in [2.45, 2.75) is 13.5 Å². The fraction of sp³-hybridized carbons (Fsp3) is 0.316. The van der Waals surface area contributed by atoms with Gasteiger partial charge >= 0.3 is 0 Å². The van der Waals surface area contributed by atoms with Crippen LogP contribution in [0.15, 0.2) is 30.3 Å². The second-order valence-electron chi connectivity index (χ2n) is 5.45. The third-order valence-corrected chi connectivity index (χ3v) is 4.86. The lowest BCUT2D eigenvalue weighted by Gasteiger charge is -2.14. The maximum absolute atomic E-state index is 5.55. The molecular weight excluding hydrogens is 352 g/mol. The molecule has 0 aliphatic carbocycles. The van der Waals surface area contributed by atoms with E-state index in [0.717, 1.165) is 32.4 Å². The normalized spacial score (nSPS) is 10.6. The Morgan fingerprint density at radius 3 is 2.38 bits per heavy atom. The highest BCUT2D eigenvalue weighted by atomic mass is 32.1. The second-order valence-corrected chi connectivity index (χ2v) is 6.48. The van der Waals surface area contributed by atoms with E-state index in [1.807, 2.05) is 37.3 Å². The molecule has 3 aromatic rings. The number of anilines is 1. The highest BCUT2D eigenvalue weighted by molar-refractivity contribution is 7.22. The summed E-state index contributed by atoms with van der Waals surface area (Å²) in [6.07, 6.45) is 0. The molecule has 26 heavy (non-hydrogen) atoms. The molecule has 0 aliphatic heterocycles. The molecule has 6 nitrogen and oxygen atoms in total. The molecular formula is C19H22N2O4S. The Balaban J connectivity index is 1.81. The Hall–Kier alpha value is -2.67. The van der Waals surface area contributed by atoms with Crippen LogP contribution < -0.4 is 24.3 Å². The molecule has 138 valence electrons. The maximum atomic E-state index is 5.55. The number of methoxy groups -OCH3 is 3. The van der Waals surface area contributed by atoms with Crippen molar-refractivity contribution in [2.24, 2.45) is 0 Å². The molecule has 1 heterocycles. The standard InChI is InChI=1S/C19H22N2O4S/c1-5-25-13-6-7-14-18(9-13)26-19(21-14)20-11-12-8-16(23-3)17(24-4)10-15(12)22-2/h6-10H,5,11H2,1-4H3,(H,20,21). The van der Waals surface area contributed by atoms with Gasteiger partial charge in [0.05, 0.1) is 38.2 Å². The zero-order valence-corrected chi connectivity index (χ0v) is 16.1. The van der Waals surface area contributed by atoms with E-state index in [9.17, 15) is 0 Å². The van der Waals surface area contributed by atoms with Crippen LogP contribution in [0.25, 0.3) is 10.2 Å². The van der Waals surface area contributed by atoms with Crippen molar-refractivity contribution in [2.75, 3.05) is 33.3 Å². The molecule has 1 N–H and O–H groups in total. The van der Waals surface area contributed by atoms with Gasteiger partial charge in [-0.15, -0.1) is 0 Å². The molecule has 7 heteroatoms. The van der Waals surface area contributed by atoms with Crippen LogP contribution in [0.5, 0.6) is 23.0 Å². The van der Waals surface area contributed by atoms with E-state index in [4.69, 9.17) is 18.9 Å². The van der Waals surface area contributed by atoms with Crippen LogP contribution in [-0.2, 0) is 6.54 Å². The van der Waals surface area contributed by atoms with Crippen molar-refractivity contribution in [3.05, 3.63) is 35.9 Å². The number of rotatable bonds is 8. The molecule has 0 unspecified atom stereocenters. The van der Waals surface area contributed by atoms with Crippen LogP contribution in [0.1, 0.15) is 12.5 Å². The van der Waals surface area contributed by atoms with Crippen LogP contribution in [-0.4, -0.2) is 32.9 Å². The molecule has 2 aromatic carbocycles. The van der Waals surface area contributed by atoms with E-state index in [1.165, 1.54) is 0 Å². The van der Waals surface area contributed by atoms with Gasteiger partial charge in [-0.1, -0.05) is 11.3 Å². The van der Waals surface area contributed by atoms with E-state index in [0.29, 0.717) is 24.7 Å². The minimum absolute atomic E-state index is 0.557. The largest absolute Gasteiger partial charge is 0.496 e. The minimum Gasteiger partial charge on any atom is -0.496 e. The lowest BCUT2D eigenvalue weighted by molar-refractivity contribution is 0.341. The predicted octanol–water partition coefficient (Wildman–Crippen LogP) is 4.33. The first-order valence-electron chi connectivity index (χ1n) is 8.24. The predicted molar refractivity (Wildman–Crippen MR) is 104 cm³/mol. The lowest BCUT2D eigenvalue weighted by Crippen LogP contribution is -2.03. The van der Waals surface area contributed by atoms with Crippen LogP contribution in [0, 0.1) is 0 Å².